The molecule has 0 spiro atoms. The van der Waals surface area contributed by atoms with Crippen molar-refractivity contribution in [3.05, 3.63) is 29.3 Å². The lowest BCUT2D eigenvalue weighted by Crippen LogP contribution is -2.39. The van der Waals surface area contributed by atoms with Crippen molar-refractivity contribution in [2.75, 3.05) is 45.5 Å². The van der Waals surface area contributed by atoms with E-state index in [-0.39, 0.29) is 0 Å². The van der Waals surface area contributed by atoms with Crippen molar-refractivity contribution in [3.8, 4) is 0 Å². The molecule has 0 unspecified atom stereocenters. The van der Waals surface area contributed by atoms with Crippen LogP contribution in [0.1, 0.15) is 25.7 Å². The van der Waals surface area contributed by atoms with Crippen LogP contribution in [0, 0.1) is 0 Å². The number of halogens is 1. The van der Waals surface area contributed by atoms with Crippen molar-refractivity contribution in [2.45, 2.75) is 30.6 Å². The van der Waals surface area contributed by atoms with Crippen LogP contribution in [-0.2, 0) is 0 Å². The number of nitrogens with zero attached hydrogens (tertiary/aromatic N) is 2. The predicted molar refractivity (Wildman–Crippen MR) is 106 cm³/mol. The summed E-state index contributed by atoms with van der Waals surface area (Å²) in [6, 6.07) is 7.97. The Morgan fingerprint density at radius 1 is 1.12 bits per heavy atom. The van der Waals surface area contributed by atoms with Crippen LogP contribution in [0.4, 0.5) is 0 Å². The van der Waals surface area contributed by atoms with Gasteiger partial charge < -0.3 is 15.5 Å². The SMILES string of the molecule is CN=C(NCCCCN1CCCC1)NCCSc1ccc(Cl)cc1. The van der Waals surface area contributed by atoms with E-state index >= 15 is 0 Å². The van der Waals surface area contributed by atoms with Gasteiger partial charge in [-0.05, 0) is 69.6 Å². The second-order valence-corrected chi connectivity index (χ2v) is 7.59. The fraction of sp³-hybridized carbons (Fsp3) is 0.611. The Morgan fingerprint density at radius 2 is 1.83 bits per heavy atom. The molecule has 0 aliphatic carbocycles. The zero-order valence-electron chi connectivity index (χ0n) is 14.6. The van der Waals surface area contributed by atoms with Crippen LogP contribution in [0.3, 0.4) is 0 Å². The Morgan fingerprint density at radius 3 is 2.54 bits per heavy atom. The summed E-state index contributed by atoms with van der Waals surface area (Å²) in [6.07, 6.45) is 5.21. The molecule has 4 nitrogen and oxygen atoms in total. The molecule has 24 heavy (non-hydrogen) atoms. The van der Waals surface area contributed by atoms with Crippen molar-refractivity contribution < 1.29 is 0 Å². The molecular weight excluding hydrogens is 340 g/mol. The Balaban J connectivity index is 1.49. The largest absolute Gasteiger partial charge is 0.356 e. The first-order valence-electron chi connectivity index (χ1n) is 8.83. The first-order valence-corrected chi connectivity index (χ1v) is 10.2. The fourth-order valence-electron chi connectivity index (χ4n) is 2.76. The molecule has 1 heterocycles. The highest BCUT2D eigenvalue weighted by atomic mass is 35.5. The zero-order chi connectivity index (χ0) is 17.0. The van der Waals surface area contributed by atoms with Crippen LogP contribution in [-0.4, -0.2) is 56.4 Å². The van der Waals surface area contributed by atoms with Gasteiger partial charge in [-0.3, -0.25) is 4.99 Å². The third-order valence-electron chi connectivity index (χ3n) is 4.09. The van der Waals surface area contributed by atoms with Gasteiger partial charge in [0.2, 0.25) is 0 Å². The molecule has 1 aromatic rings. The number of aliphatic imine (C=N–C) groups is 1. The molecule has 0 saturated carbocycles. The van der Waals surface area contributed by atoms with Gasteiger partial charge in [-0.25, -0.2) is 0 Å². The minimum absolute atomic E-state index is 0.784. The number of thioether (sulfide) groups is 1. The molecular formula is C18H29ClN4S. The monoisotopic (exact) mass is 368 g/mol. The maximum absolute atomic E-state index is 5.89. The molecule has 0 amide bonds. The van der Waals surface area contributed by atoms with Crippen LogP contribution in [0.25, 0.3) is 0 Å². The molecule has 0 radical (unpaired) electrons. The van der Waals surface area contributed by atoms with Gasteiger partial charge in [0.1, 0.15) is 0 Å². The molecule has 1 aromatic carbocycles. The normalized spacial score (nSPS) is 15.7. The van der Waals surface area contributed by atoms with Gasteiger partial charge >= 0.3 is 0 Å². The number of hydrogen-bond donors (Lipinski definition) is 2. The minimum atomic E-state index is 0.784. The lowest BCUT2D eigenvalue weighted by Gasteiger charge is -2.15. The third kappa shape index (κ3) is 7.77. The summed E-state index contributed by atoms with van der Waals surface area (Å²) in [4.78, 5) is 8.09. The number of hydrogen-bond acceptors (Lipinski definition) is 3. The van der Waals surface area contributed by atoms with Crippen LogP contribution >= 0.6 is 23.4 Å². The molecule has 1 aliphatic heterocycles. The van der Waals surface area contributed by atoms with Crippen molar-refractivity contribution in [1.29, 1.82) is 0 Å². The molecule has 0 aromatic heterocycles. The Kier molecular flexibility index (Phi) is 9.39. The molecule has 0 bridgehead atoms. The molecule has 0 atom stereocenters. The maximum atomic E-state index is 5.89. The van der Waals surface area contributed by atoms with Crippen molar-refractivity contribution in [1.82, 2.24) is 15.5 Å². The summed E-state index contributed by atoms with van der Waals surface area (Å²) >= 11 is 7.71. The van der Waals surface area contributed by atoms with Gasteiger partial charge in [0, 0.05) is 35.8 Å². The second kappa shape index (κ2) is 11.6. The molecule has 134 valence electrons. The Hall–Kier alpha value is -0.910. The highest BCUT2D eigenvalue weighted by molar-refractivity contribution is 7.99. The van der Waals surface area contributed by atoms with Crippen molar-refractivity contribution >= 4 is 29.3 Å². The average Bonchev–Trinajstić information content (AvgIpc) is 3.11. The molecule has 1 aliphatic rings. The summed E-state index contributed by atoms with van der Waals surface area (Å²) < 4.78 is 0. The first-order chi connectivity index (χ1) is 11.8. The summed E-state index contributed by atoms with van der Waals surface area (Å²) in [6.45, 7) is 5.70. The standard InChI is InChI=1S/C18H29ClN4S/c1-20-18(21-10-2-3-12-23-13-4-5-14-23)22-11-15-24-17-8-6-16(19)7-9-17/h6-9H,2-5,10-15H2,1H3,(H2,20,21,22). The molecule has 1 saturated heterocycles. The van der Waals surface area contributed by atoms with E-state index in [9.17, 15) is 0 Å². The van der Waals surface area contributed by atoms with Gasteiger partial charge in [-0.1, -0.05) is 11.6 Å². The summed E-state index contributed by atoms with van der Waals surface area (Å²) in [5.41, 5.74) is 0. The summed E-state index contributed by atoms with van der Waals surface area (Å²) in [5.74, 6) is 1.89. The lowest BCUT2D eigenvalue weighted by atomic mass is 10.3. The maximum Gasteiger partial charge on any atom is 0.191 e. The highest BCUT2D eigenvalue weighted by Gasteiger charge is 2.09. The van der Waals surface area contributed by atoms with Crippen molar-refractivity contribution in [2.24, 2.45) is 4.99 Å². The van der Waals surface area contributed by atoms with Crippen LogP contribution in [0.5, 0.6) is 0 Å². The van der Waals surface area contributed by atoms with E-state index in [4.69, 9.17) is 11.6 Å². The van der Waals surface area contributed by atoms with Gasteiger partial charge in [0.05, 0.1) is 0 Å². The molecule has 1 fully saturated rings. The third-order valence-corrected chi connectivity index (χ3v) is 5.36. The number of benzene rings is 1. The van der Waals surface area contributed by atoms with Crippen molar-refractivity contribution in [3.63, 3.8) is 0 Å². The number of rotatable bonds is 9. The summed E-state index contributed by atoms with van der Waals surface area (Å²) in [5, 5.41) is 7.54. The quantitative estimate of drug-likeness (QED) is 0.303. The molecule has 2 N–H and O–H groups in total. The van der Waals surface area contributed by atoms with E-state index in [1.54, 1.807) is 0 Å². The number of nitrogens with one attached hydrogen (secondary N) is 2. The van der Waals surface area contributed by atoms with Gasteiger partial charge in [0.15, 0.2) is 5.96 Å². The van der Waals surface area contributed by atoms with Crippen LogP contribution in [0.2, 0.25) is 5.02 Å². The number of guanidine groups is 1. The van der Waals surface area contributed by atoms with E-state index in [1.165, 1.54) is 50.2 Å². The first kappa shape index (κ1) is 19.4. The average molecular weight is 369 g/mol. The van der Waals surface area contributed by atoms with Gasteiger partial charge in [0.25, 0.3) is 0 Å². The van der Waals surface area contributed by atoms with E-state index in [0.717, 1.165) is 29.8 Å². The molecule has 6 heteroatoms. The predicted octanol–water partition coefficient (Wildman–Crippen LogP) is 3.47. The van der Waals surface area contributed by atoms with Gasteiger partial charge in [-0.2, -0.15) is 0 Å². The smallest absolute Gasteiger partial charge is 0.191 e. The van der Waals surface area contributed by atoms with E-state index in [0.29, 0.717) is 0 Å². The van der Waals surface area contributed by atoms with E-state index in [1.807, 2.05) is 30.9 Å². The number of likely N-dealkylation sites (tertiary alicyclic amines) is 1. The lowest BCUT2D eigenvalue weighted by molar-refractivity contribution is 0.330. The van der Waals surface area contributed by atoms with Crippen LogP contribution < -0.4 is 10.6 Å². The zero-order valence-corrected chi connectivity index (χ0v) is 16.1. The minimum Gasteiger partial charge on any atom is -0.356 e. The van der Waals surface area contributed by atoms with Gasteiger partial charge in [-0.15, -0.1) is 11.8 Å². The second-order valence-electron chi connectivity index (χ2n) is 5.98. The fourth-order valence-corrected chi connectivity index (χ4v) is 3.66. The Labute approximate surface area is 155 Å². The van der Waals surface area contributed by atoms with E-state index in [2.05, 4.69) is 32.7 Å². The molecule has 2 rings (SSSR count). The topological polar surface area (TPSA) is 39.7 Å². The number of unbranched alkanes of at least 4 members (excludes halogenated alkanes) is 1. The Bertz CT molecular complexity index is 486. The van der Waals surface area contributed by atoms with Crippen LogP contribution in [0.15, 0.2) is 34.2 Å². The summed E-state index contributed by atoms with van der Waals surface area (Å²) in [7, 11) is 1.83. The van der Waals surface area contributed by atoms with E-state index < -0.39 is 0 Å². The highest BCUT2D eigenvalue weighted by Crippen LogP contribution is 2.19.